The molecule has 0 bridgehead atoms. The van der Waals surface area contributed by atoms with E-state index in [1.165, 1.54) is 11.1 Å². The lowest BCUT2D eigenvalue weighted by molar-refractivity contribution is 0.0538. The quantitative estimate of drug-likeness (QED) is 0.599. The van der Waals surface area contributed by atoms with E-state index in [0.29, 0.717) is 37.8 Å². The fourth-order valence-electron chi connectivity index (χ4n) is 6.70. The number of nitrogens with one attached hydrogen (secondary N) is 1. The number of likely N-dealkylation sites (tertiary alicyclic amines) is 1. The second-order valence-electron chi connectivity index (χ2n) is 12.0. The number of amides is 3. The van der Waals surface area contributed by atoms with Crippen molar-refractivity contribution in [1.82, 2.24) is 25.1 Å². The van der Waals surface area contributed by atoms with Crippen LogP contribution >= 0.6 is 0 Å². The van der Waals surface area contributed by atoms with E-state index in [4.69, 9.17) is 9.47 Å². The molecule has 220 valence electrons. The Labute approximate surface area is 246 Å². The topological polar surface area (TPSA) is 100 Å². The van der Waals surface area contributed by atoms with Gasteiger partial charge in [-0.25, -0.2) is 14.8 Å². The van der Waals surface area contributed by atoms with Gasteiger partial charge in [0.2, 0.25) is 5.95 Å². The van der Waals surface area contributed by atoms with Crippen LogP contribution in [0.5, 0.6) is 5.75 Å². The van der Waals surface area contributed by atoms with Crippen LogP contribution in [0.15, 0.2) is 54.5 Å². The number of hydrogen-bond acceptors (Lipinski definition) is 7. The first-order valence-corrected chi connectivity index (χ1v) is 15.3. The number of carbonyl (C=O) groups is 2. The third-order valence-electron chi connectivity index (χ3n) is 9.24. The van der Waals surface area contributed by atoms with Crippen molar-refractivity contribution in [3.8, 4) is 5.75 Å². The summed E-state index contributed by atoms with van der Waals surface area (Å²) in [7, 11) is 0. The average molecular weight is 571 g/mol. The molecule has 1 unspecified atom stereocenters. The molecule has 7 rings (SSSR count). The maximum atomic E-state index is 12.6. The summed E-state index contributed by atoms with van der Waals surface area (Å²) in [5.74, 6) is 1.97. The molecule has 3 saturated heterocycles. The summed E-state index contributed by atoms with van der Waals surface area (Å²) in [5.41, 5.74) is 3.77. The molecule has 42 heavy (non-hydrogen) atoms. The largest absolute Gasteiger partial charge is 0.487 e. The standard InChI is InChI=1S/C32H38N6O4/c39-29(36-11-1-2-12-36)26-21-33-30(34-22-26)37-13-9-32(10-14-37)20-25-19-24(5-8-28(25)42-32)23-3-6-27(7-4-23)35-31(40)38-15-17-41-18-16-38/h3,5-8,19,21-23H,1-2,4,9-18,20H2,(H,35,40). The second-order valence-corrected chi connectivity index (χ2v) is 12.0. The number of urea groups is 1. The van der Waals surface area contributed by atoms with Crippen LogP contribution in [0, 0.1) is 0 Å². The van der Waals surface area contributed by atoms with Gasteiger partial charge in [0.15, 0.2) is 0 Å². The zero-order chi connectivity index (χ0) is 28.5. The van der Waals surface area contributed by atoms with Crippen molar-refractivity contribution in [2.24, 2.45) is 0 Å². The lowest BCUT2D eigenvalue weighted by atomic mass is 9.85. The van der Waals surface area contributed by atoms with Crippen molar-refractivity contribution >= 4 is 17.9 Å². The lowest BCUT2D eigenvalue weighted by Gasteiger charge is -2.38. The Hall–Kier alpha value is -3.92. The Balaban J connectivity index is 0.930. The number of ether oxygens (including phenoxy) is 2. The highest BCUT2D eigenvalue weighted by atomic mass is 16.5. The molecule has 10 heteroatoms. The maximum absolute atomic E-state index is 12.6. The number of hydrogen-bond donors (Lipinski definition) is 1. The van der Waals surface area contributed by atoms with E-state index in [0.717, 1.165) is 76.2 Å². The number of piperidine rings is 1. The Bertz CT molecular complexity index is 1390. The van der Waals surface area contributed by atoms with Crippen LogP contribution in [0.3, 0.4) is 0 Å². The molecule has 1 atom stereocenters. The van der Waals surface area contributed by atoms with Gasteiger partial charge in [0.05, 0.1) is 18.8 Å². The van der Waals surface area contributed by atoms with Crippen molar-refractivity contribution in [2.45, 2.75) is 50.0 Å². The lowest BCUT2D eigenvalue weighted by Crippen LogP contribution is -2.47. The summed E-state index contributed by atoms with van der Waals surface area (Å²) in [4.78, 5) is 40.1. The molecule has 4 aliphatic heterocycles. The van der Waals surface area contributed by atoms with Gasteiger partial charge >= 0.3 is 6.03 Å². The first kappa shape index (κ1) is 26.9. The highest BCUT2D eigenvalue weighted by molar-refractivity contribution is 5.93. The van der Waals surface area contributed by atoms with Crippen LogP contribution in [-0.4, -0.2) is 89.8 Å². The third kappa shape index (κ3) is 5.47. The number of anilines is 1. The van der Waals surface area contributed by atoms with E-state index in [1.54, 1.807) is 17.3 Å². The van der Waals surface area contributed by atoms with E-state index in [1.807, 2.05) is 11.0 Å². The van der Waals surface area contributed by atoms with Crippen molar-refractivity contribution in [3.05, 3.63) is 71.2 Å². The molecule has 1 spiro atoms. The number of rotatable bonds is 4. The van der Waals surface area contributed by atoms with Crippen LogP contribution in [0.2, 0.25) is 0 Å². The number of fused-ring (bicyclic) bond motifs is 1. The molecule has 0 saturated carbocycles. The van der Waals surface area contributed by atoms with Crippen LogP contribution in [0.4, 0.5) is 10.7 Å². The van der Waals surface area contributed by atoms with Crippen LogP contribution in [-0.2, 0) is 11.2 Å². The molecule has 3 amide bonds. The molecule has 1 aliphatic carbocycles. The molecule has 5 heterocycles. The summed E-state index contributed by atoms with van der Waals surface area (Å²) < 4.78 is 11.9. The van der Waals surface area contributed by atoms with Gasteiger partial charge in [0, 0.05) is 82.5 Å². The van der Waals surface area contributed by atoms with Crippen molar-refractivity contribution in [1.29, 1.82) is 0 Å². The summed E-state index contributed by atoms with van der Waals surface area (Å²) in [5, 5.41) is 3.03. The van der Waals surface area contributed by atoms with Gasteiger partial charge in [-0.15, -0.1) is 0 Å². The monoisotopic (exact) mass is 570 g/mol. The normalized spacial score (nSPS) is 23.0. The van der Waals surface area contributed by atoms with E-state index < -0.39 is 0 Å². The first-order valence-electron chi connectivity index (χ1n) is 15.3. The molecule has 0 radical (unpaired) electrons. The number of nitrogens with zero attached hydrogens (tertiary/aromatic N) is 5. The molecule has 1 N–H and O–H groups in total. The van der Waals surface area contributed by atoms with E-state index in [2.05, 4.69) is 50.5 Å². The minimum absolute atomic E-state index is 0.0314. The minimum Gasteiger partial charge on any atom is -0.487 e. The molecule has 10 nitrogen and oxygen atoms in total. The number of carbonyl (C=O) groups excluding carboxylic acids is 2. The minimum atomic E-state index is -0.192. The van der Waals surface area contributed by atoms with Gasteiger partial charge in [0.25, 0.3) is 5.91 Å². The van der Waals surface area contributed by atoms with Crippen molar-refractivity contribution < 1.29 is 19.1 Å². The number of aromatic nitrogens is 2. The molecule has 3 fully saturated rings. The predicted molar refractivity (Wildman–Crippen MR) is 158 cm³/mol. The van der Waals surface area contributed by atoms with Crippen LogP contribution in [0.1, 0.15) is 59.5 Å². The Morgan fingerprint density at radius 2 is 1.71 bits per heavy atom. The van der Waals surface area contributed by atoms with Gasteiger partial charge in [-0.1, -0.05) is 24.3 Å². The molecule has 1 aromatic heterocycles. The van der Waals surface area contributed by atoms with Gasteiger partial charge < -0.3 is 29.5 Å². The zero-order valence-corrected chi connectivity index (χ0v) is 24.0. The van der Waals surface area contributed by atoms with Crippen LogP contribution < -0.4 is 15.0 Å². The fourth-order valence-corrected chi connectivity index (χ4v) is 6.70. The SMILES string of the molecule is O=C(NC1=CCC(c2ccc3c(c2)CC2(CCN(c4ncc(C(=O)N5CCCC5)cn4)CC2)O3)C=C1)N1CCOCC1. The molecule has 1 aromatic carbocycles. The average Bonchev–Trinajstić information content (AvgIpc) is 3.70. The Morgan fingerprint density at radius 3 is 2.43 bits per heavy atom. The molecular formula is C32H38N6O4. The highest BCUT2D eigenvalue weighted by Crippen LogP contribution is 2.43. The van der Waals surface area contributed by atoms with E-state index in [9.17, 15) is 9.59 Å². The van der Waals surface area contributed by atoms with Gasteiger partial charge in [-0.3, -0.25) is 4.79 Å². The van der Waals surface area contributed by atoms with E-state index >= 15 is 0 Å². The van der Waals surface area contributed by atoms with Crippen LogP contribution in [0.25, 0.3) is 0 Å². The first-order chi connectivity index (χ1) is 20.6. The molecule has 5 aliphatic rings. The fraction of sp³-hybridized carbons (Fsp3) is 0.500. The number of benzene rings is 1. The van der Waals surface area contributed by atoms with E-state index in [-0.39, 0.29) is 23.5 Å². The predicted octanol–water partition coefficient (Wildman–Crippen LogP) is 3.66. The summed E-state index contributed by atoms with van der Waals surface area (Å²) in [6, 6.07) is 6.54. The summed E-state index contributed by atoms with van der Waals surface area (Å²) in [6.07, 6.45) is 15.3. The zero-order valence-electron chi connectivity index (χ0n) is 24.0. The summed E-state index contributed by atoms with van der Waals surface area (Å²) in [6.45, 7) is 5.72. The molecule has 2 aromatic rings. The van der Waals surface area contributed by atoms with Crippen molar-refractivity contribution in [3.63, 3.8) is 0 Å². The highest BCUT2D eigenvalue weighted by Gasteiger charge is 2.42. The molecular weight excluding hydrogens is 532 g/mol. The number of allylic oxidation sites excluding steroid dienone is 3. The summed E-state index contributed by atoms with van der Waals surface area (Å²) >= 11 is 0. The van der Waals surface area contributed by atoms with Crippen molar-refractivity contribution in [2.75, 3.05) is 57.4 Å². The van der Waals surface area contributed by atoms with Gasteiger partial charge in [-0.05, 0) is 42.5 Å². The van der Waals surface area contributed by atoms with Gasteiger partial charge in [-0.2, -0.15) is 0 Å². The second kappa shape index (κ2) is 11.4. The third-order valence-corrected chi connectivity index (χ3v) is 9.24. The Kier molecular flexibility index (Phi) is 7.31. The Morgan fingerprint density at radius 1 is 0.952 bits per heavy atom. The number of morpholine rings is 1. The maximum Gasteiger partial charge on any atom is 0.321 e. The smallest absolute Gasteiger partial charge is 0.321 e. The van der Waals surface area contributed by atoms with Gasteiger partial charge in [0.1, 0.15) is 11.4 Å².